The van der Waals surface area contributed by atoms with Crippen LogP contribution >= 0.6 is 0 Å². The molecule has 3 rings (SSSR count). The van der Waals surface area contributed by atoms with Crippen molar-refractivity contribution in [1.82, 2.24) is 0 Å². The molecule has 2 aromatic carbocycles. The zero-order chi connectivity index (χ0) is 18.2. The molecule has 1 unspecified atom stereocenters. The van der Waals surface area contributed by atoms with Crippen LogP contribution in [0.5, 0.6) is 0 Å². The summed E-state index contributed by atoms with van der Waals surface area (Å²) >= 11 is 0. The molecular formula is C21H20O4. The molecule has 1 N–H and O–H groups in total. The number of rotatable bonds is 3. The van der Waals surface area contributed by atoms with Crippen LogP contribution in [-0.4, -0.2) is 24.0 Å². The lowest BCUT2D eigenvalue weighted by molar-refractivity contribution is -0.137. The molecule has 0 amide bonds. The van der Waals surface area contributed by atoms with Gasteiger partial charge >= 0.3 is 5.97 Å². The quantitative estimate of drug-likeness (QED) is 0.691. The number of ketones is 1. The number of benzene rings is 2. The first-order valence-electron chi connectivity index (χ1n) is 8.09. The molecule has 0 radical (unpaired) electrons. The highest BCUT2D eigenvalue weighted by Crippen LogP contribution is 2.47. The molecule has 0 spiro atoms. The summed E-state index contributed by atoms with van der Waals surface area (Å²) in [6.45, 7) is 3.90. The third-order valence-corrected chi connectivity index (χ3v) is 4.62. The first-order valence-corrected chi connectivity index (χ1v) is 8.09. The van der Waals surface area contributed by atoms with Gasteiger partial charge in [-0.25, -0.2) is 4.79 Å². The molecule has 0 saturated heterocycles. The standard InChI is InChI=1S/C21H20O4/c1-13-4-8-15(9-5-13)19-18(20(23)25-3)17(22)12-21(19,24)16-10-6-14(2)7-11-16/h4-11,24H,12H2,1-3H3. The Labute approximate surface area is 146 Å². The van der Waals surface area contributed by atoms with Crippen molar-refractivity contribution in [3.05, 3.63) is 76.4 Å². The van der Waals surface area contributed by atoms with Crippen molar-refractivity contribution in [1.29, 1.82) is 0 Å². The van der Waals surface area contributed by atoms with Crippen LogP contribution in [0, 0.1) is 13.8 Å². The van der Waals surface area contributed by atoms with E-state index in [1.54, 1.807) is 12.1 Å². The van der Waals surface area contributed by atoms with E-state index in [1.165, 1.54) is 7.11 Å². The summed E-state index contributed by atoms with van der Waals surface area (Å²) in [4.78, 5) is 24.8. The molecule has 0 aromatic heterocycles. The summed E-state index contributed by atoms with van der Waals surface area (Å²) in [5, 5.41) is 11.4. The van der Waals surface area contributed by atoms with Gasteiger partial charge in [-0.15, -0.1) is 0 Å². The van der Waals surface area contributed by atoms with E-state index in [0.29, 0.717) is 16.7 Å². The van der Waals surface area contributed by atoms with Gasteiger partial charge in [0.2, 0.25) is 0 Å². The predicted octanol–water partition coefficient (Wildman–Crippen LogP) is 3.09. The second-order valence-corrected chi connectivity index (χ2v) is 6.43. The summed E-state index contributed by atoms with van der Waals surface area (Å²) in [5.74, 6) is -1.13. The van der Waals surface area contributed by atoms with E-state index in [0.717, 1.165) is 11.1 Å². The zero-order valence-corrected chi connectivity index (χ0v) is 14.5. The minimum absolute atomic E-state index is 0.0746. The number of Topliss-reactive ketones (excluding diaryl/α,β-unsaturated/α-hetero) is 1. The molecule has 4 nitrogen and oxygen atoms in total. The molecule has 25 heavy (non-hydrogen) atoms. The van der Waals surface area contributed by atoms with Gasteiger partial charge in [-0.1, -0.05) is 59.7 Å². The maximum Gasteiger partial charge on any atom is 0.341 e. The van der Waals surface area contributed by atoms with Crippen molar-refractivity contribution >= 4 is 17.3 Å². The van der Waals surface area contributed by atoms with Crippen LogP contribution in [0.3, 0.4) is 0 Å². The van der Waals surface area contributed by atoms with Gasteiger partial charge in [-0.3, -0.25) is 4.79 Å². The van der Waals surface area contributed by atoms with Gasteiger partial charge in [0.05, 0.1) is 7.11 Å². The minimum atomic E-state index is -1.55. The fourth-order valence-corrected chi connectivity index (χ4v) is 3.25. The summed E-state index contributed by atoms with van der Waals surface area (Å²) in [6.07, 6.45) is -0.177. The van der Waals surface area contributed by atoms with E-state index in [9.17, 15) is 14.7 Å². The average molecular weight is 336 g/mol. The largest absolute Gasteiger partial charge is 0.465 e. The molecule has 4 heteroatoms. The highest BCUT2D eigenvalue weighted by Gasteiger charge is 2.48. The SMILES string of the molecule is COC(=O)C1=C(c2ccc(C)cc2)C(O)(c2ccc(C)cc2)CC1=O. The van der Waals surface area contributed by atoms with E-state index in [2.05, 4.69) is 0 Å². The summed E-state index contributed by atoms with van der Waals surface area (Å²) < 4.78 is 4.80. The Hall–Kier alpha value is -2.72. The second kappa shape index (κ2) is 6.30. The summed E-state index contributed by atoms with van der Waals surface area (Å²) in [7, 11) is 1.23. The van der Waals surface area contributed by atoms with E-state index in [-0.39, 0.29) is 12.0 Å². The molecule has 0 fully saturated rings. The van der Waals surface area contributed by atoms with Gasteiger partial charge in [0.15, 0.2) is 5.78 Å². The fraction of sp³-hybridized carbons (Fsp3) is 0.238. The Balaban J connectivity index is 2.26. The second-order valence-electron chi connectivity index (χ2n) is 6.43. The highest BCUT2D eigenvalue weighted by atomic mass is 16.5. The van der Waals surface area contributed by atoms with E-state index >= 15 is 0 Å². The van der Waals surface area contributed by atoms with E-state index < -0.39 is 17.4 Å². The van der Waals surface area contributed by atoms with Crippen LogP contribution in [-0.2, 0) is 19.9 Å². The van der Waals surface area contributed by atoms with Crippen molar-refractivity contribution in [3.63, 3.8) is 0 Å². The third kappa shape index (κ3) is 2.89. The molecule has 2 aromatic rings. The molecule has 1 aliphatic carbocycles. The Morgan fingerprint density at radius 1 is 1.00 bits per heavy atom. The number of esters is 1. The first-order chi connectivity index (χ1) is 11.9. The van der Waals surface area contributed by atoms with Crippen LogP contribution in [0.1, 0.15) is 28.7 Å². The van der Waals surface area contributed by atoms with Gasteiger partial charge in [0.1, 0.15) is 11.2 Å². The average Bonchev–Trinajstić information content (AvgIpc) is 2.87. The molecule has 0 saturated carbocycles. The van der Waals surface area contributed by atoms with Gasteiger partial charge in [0, 0.05) is 12.0 Å². The van der Waals surface area contributed by atoms with Crippen molar-refractivity contribution in [2.45, 2.75) is 25.9 Å². The highest BCUT2D eigenvalue weighted by molar-refractivity contribution is 6.27. The lowest BCUT2D eigenvalue weighted by atomic mass is 9.83. The third-order valence-electron chi connectivity index (χ3n) is 4.62. The normalized spacial score (nSPS) is 20.1. The van der Waals surface area contributed by atoms with Gasteiger partial charge in [0.25, 0.3) is 0 Å². The number of hydrogen-bond acceptors (Lipinski definition) is 4. The smallest absolute Gasteiger partial charge is 0.341 e. The van der Waals surface area contributed by atoms with Crippen LogP contribution < -0.4 is 0 Å². The minimum Gasteiger partial charge on any atom is -0.465 e. The van der Waals surface area contributed by atoms with Crippen LogP contribution in [0.2, 0.25) is 0 Å². The van der Waals surface area contributed by atoms with Gasteiger partial charge in [-0.2, -0.15) is 0 Å². The molecular weight excluding hydrogens is 316 g/mol. The van der Waals surface area contributed by atoms with Gasteiger partial charge < -0.3 is 9.84 Å². The van der Waals surface area contributed by atoms with Crippen molar-refractivity contribution in [3.8, 4) is 0 Å². The fourth-order valence-electron chi connectivity index (χ4n) is 3.25. The Bertz CT molecular complexity index is 860. The van der Waals surface area contributed by atoms with Crippen LogP contribution in [0.4, 0.5) is 0 Å². The van der Waals surface area contributed by atoms with Crippen LogP contribution in [0.15, 0.2) is 54.1 Å². The number of carbonyl (C=O) groups excluding carboxylic acids is 2. The number of hydrogen-bond donors (Lipinski definition) is 1. The zero-order valence-electron chi connectivity index (χ0n) is 14.5. The molecule has 0 heterocycles. The predicted molar refractivity (Wildman–Crippen MR) is 94.8 cm³/mol. The summed E-state index contributed by atoms with van der Waals surface area (Å²) in [5.41, 5.74) is 2.00. The van der Waals surface area contributed by atoms with Crippen LogP contribution in [0.25, 0.3) is 5.57 Å². The van der Waals surface area contributed by atoms with Gasteiger partial charge in [-0.05, 0) is 25.0 Å². The van der Waals surface area contributed by atoms with Crippen molar-refractivity contribution < 1.29 is 19.4 Å². The summed E-state index contributed by atoms with van der Waals surface area (Å²) in [6, 6.07) is 14.7. The number of aryl methyl sites for hydroxylation is 2. The number of carbonyl (C=O) groups is 2. The number of aliphatic hydroxyl groups is 1. The lowest BCUT2D eigenvalue weighted by Gasteiger charge is -2.27. The van der Waals surface area contributed by atoms with E-state index in [4.69, 9.17) is 4.74 Å². The maximum atomic E-state index is 12.6. The van der Waals surface area contributed by atoms with Crippen molar-refractivity contribution in [2.24, 2.45) is 0 Å². The molecule has 1 aliphatic rings. The Morgan fingerprint density at radius 3 is 2.04 bits per heavy atom. The molecule has 0 aliphatic heterocycles. The number of methoxy groups -OCH3 is 1. The molecule has 128 valence electrons. The molecule has 1 atom stereocenters. The number of ether oxygens (including phenoxy) is 1. The lowest BCUT2D eigenvalue weighted by Crippen LogP contribution is -2.25. The Morgan fingerprint density at radius 2 is 1.52 bits per heavy atom. The van der Waals surface area contributed by atoms with E-state index in [1.807, 2.05) is 50.2 Å². The first kappa shape index (κ1) is 17.1. The molecule has 0 bridgehead atoms. The monoisotopic (exact) mass is 336 g/mol. The topological polar surface area (TPSA) is 63.6 Å². The van der Waals surface area contributed by atoms with Crippen molar-refractivity contribution in [2.75, 3.05) is 7.11 Å². The Kier molecular flexibility index (Phi) is 4.31. The maximum absolute atomic E-state index is 12.6.